The monoisotopic (exact) mass is 458 g/mol. The Morgan fingerprint density at radius 3 is 2.41 bits per heavy atom. The SMILES string of the molecule is O=C(/C=C/c1cc(Cl)cc(Cl)c1)Nc1ccc(F)c(S(=O)(=O)N2CCOCC2)c1. The molecule has 0 unspecified atom stereocenters. The number of sulfonamides is 1. The molecule has 1 fully saturated rings. The molecular formula is C19H17Cl2FN2O4S. The minimum Gasteiger partial charge on any atom is -0.379 e. The number of carbonyl (C=O) groups is 1. The molecule has 10 heteroatoms. The summed E-state index contributed by atoms with van der Waals surface area (Å²) in [5.74, 6) is -1.42. The zero-order chi connectivity index (χ0) is 21.0. The Morgan fingerprint density at radius 2 is 1.76 bits per heavy atom. The third-order valence-electron chi connectivity index (χ3n) is 4.10. The van der Waals surface area contributed by atoms with Gasteiger partial charge in [0.25, 0.3) is 0 Å². The summed E-state index contributed by atoms with van der Waals surface area (Å²) in [7, 11) is -4.04. The van der Waals surface area contributed by atoms with Gasteiger partial charge in [-0.2, -0.15) is 4.31 Å². The van der Waals surface area contributed by atoms with E-state index in [-0.39, 0.29) is 32.0 Å². The molecule has 2 aromatic rings. The molecule has 1 N–H and O–H groups in total. The summed E-state index contributed by atoms with van der Waals surface area (Å²) in [6.45, 7) is 0.776. The van der Waals surface area contributed by atoms with Gasteiger partial charge in [0.15, 0.2) is 0 Å². The molecule has 29 heavy (non-hydrogen) atoms. The number of hydrogen-bond acceptors (Lipinski definition) is 4. The zero-order valence-electron chi connectivity index (χ0n) is 15.1. The van der Waals surface area contributed by atoms with Gasteiger partial charge in [-0.3, -0.25) is 4.79 Å². The Balaban J connectivity index is 1.77. The van der Waals surface area contributed by atoms with Crippen molar-refractivity contribution in [3.63, 3.8) is 0 Å². The molecule has 0 aromatic heterocycles. The van der Waals surface area contributed by atoms with Gasteiger partial charge in [-0.1, -0.05) is 23.2 Å². The van der Waals surface area contributed by atoms with Gasteiger partial charge in [0, 0.05) is 34.9 Å². The largest absolute Gasteiger partial charge is 0.379 e. The lowest BCUT2D eigenvalue weighted by Crippen LogP contribution is -2.40. The summed E-state index contributed by atoms with van der Waals surface area (Å²) in [5.41, 5.74) is 0.768. The number of benzene rings is 2. The number of carbonyl (C=O) groups excluding carboxylic acids is 1. The average molecular weight is 459 g/mol. The van der Waals surface area contributed by atoms with E-state index in [2.05, 4.69) is 5.32 Å². The lowest BCUT2D eigenvalue weighted by atomic mass is 10.2. The van der Waals surface area contributed by atoms with Gasteiger partial charge >= 0.3 is 0 Å². The maximum Gasteiger partial charge on any atom is 0.248 e. The molecule has 1 heterocycles. The Hall–Kier alpha value is -1.97. The molecule has 1 aliphatic rings. The van der Waals surface area contributed by atoms with Crippen LogP contribution >= 0.6 is 23.2 Å². The van der Waals surface area contributed by atoms with E-state index < -0.39 is 26.6 Å². The molecule has 1 amide bonds. The standard InChI is InChI=1S/C19H17Cl2FN2O4S/c20-14-9-13(10-15(21)11-14)1-4-19(25)23-16-2-3-17(22)18(12-16)29(26,27)24-5-7-28-8-6-24/h1-4,9-12H,5-8H2,(H,23,25)/b4-1+. The van der Waals surface area contributed by atoms with Crippen LogP contribution < -0.4 is 5.32 Å². The van der Waals surface area contributed by atoms with Crippen LogP contribution in [0.3, 0.4) is 0 Å². The number of halogens is 3. The third-order valence-corrected chi connectivity index (χ3v) is 6.45. The zero-order valence-corrected chi connectivity index (χ0v) is 17.4. The third kappa shape index (κ3) is 5.55. The van der Waals surface area contributed by atoms with Gasteiger partial charge in [0.1, 0.15) is 10.7 Å². The lowest BCUT2D eigenvalue weighted by molar-refractivity contribution is -0.111. The molecule has 1 aliphatic heterocycles. The van der Waals surface area contributed by atoms with Gasteiger partial charge in [-0.05, 0) is 48.0 Å². The predicted molar refractivity (Wildman–Crippen MR) is 110 cm³/mol. The summed E-state index contributed by atoms with van der Waals surface area (Å²) < 4.78 is 45.9. The summed E-state index contributed by atoms with van der Waals surface area (Å²) in [4.78, 5) is 11.7. The van der Waals surface area contributed by atoms with E-state index in [0.717, 1.165) is 16.4 Å². The molecule has 0 aliphatic carbocycles. The fourth-order valence-corrected chi connectivity index (χ4v) is 4.77. The van der Waals surface area contributed by atoms with Gasteiger partial charge in [-0.15, -0.1) is 0 Å². The van der Waals surface area contributed by atoms with Crippen LogP contribution in [0, 0.1) is 5.82 Å². The molecule has 0 saturated carbocycles. The van der Waals surface area contributed by atoms with E-state index in [4.69, 9.17) is 27.9 Å². The average Bonchev–Trinajstić information content (AvgIpc) is 2.68. The van der Waals surface area contributed by atoms with Crippen LogP contribution in [0.4, 0.5) is 10.1 Å². The van der Waals surface area contributed by atoms with Crippen molar-refractivity contribution in [1.29, 1.82) is 0 Å². The van der Waals surface area contributed by atoms with E-state index >= 15 is 0 Å². The van der Waals surface area contributed by atoms with E-state index in [1.165, 1.54) is 18.2 Å². The molecule has 0 atom stereocenters. The second-order valence-corrected chi connectivity index (χ2v) is 8.97. The number of amides is 1. The lowest BCUT2D eigenvalue weighted by Gasteiger charge is -2.26. The maximum absolute atomic E-state index is 14.2. The van der Waals surface area contributed by atoms with Crippen LogP contribution in [0.5, 0.6) is 0 Å². The van der Waals surface area contributed by atoms with Crippen molar-refractivity contribution < 1.29 is 22.3 Å². The van der Waals surface area contributed by atoms with Crippen LogP contribution in [0.25, 0.3) is 6.08 Å². The Morgan fingerprint density at radius 1 is 1.10 bits per heavy atom. The maximum atomic E-state index is 14.2. The molecule has 154 valence electrons. The van der Waals surface area contributed by atoms with Crippen LogP contribution in [-0.2, 0) is 19.6 Å². The number of ether oxygens (including phenoxy) is 1. The molecule has 0 radical (unpaired) electrons. The van der Waals surface area contributed by atoms with Crippen molar-refractivity contribution in [2.75, 3.05) is 31.6 Å². The number of morpholine rings is 1. The van der Waals surface area contributed by atoms with Crippen molar-refractivity contribution in [2.24, 2.45) is 0 Å². The van der Waals surface area contributed by atoms with Gasteiger partial charge in [-0.25, -0.2) is 12.8 Å². The van der Waals surface area contributed by atoms with E-state index in [9.17, 15) is 17.6 Å². The molecule has 2 aromatic carbocycles. The molecule has 6 nitrogen and oxygen atoms in total. The number of rotatable bonds is 5. The topological polar surface area (TPSA) is 75.7 Å². The van der Waals surface area contributed by atoms with Crippen molar-refractivity contribution >= 4 is 50.9 Å². The number of hydrogen-bond donors (Lipinski definition) is 1. The van der Waals surface area contributed by atoms with E-state index in [0.29, 0.717) is 15.6 Å². The van der Waals surface area contributed by atoms with Crippen molar-refractivity contribution in [3.8, 4) is 0 Å². The van der Waals surface area contributed by atoms with Crippen molar-refractivity contribution in [2.45, 2.75) is 4.90 Å². The van der Waals surface area contributed by atoms with Crippen LogP contribution in [0.15, 0.2) is 47.4 Å². The normalized spacial score (nSPS) is 15.6. The number of anilines is 1. The van der Waals surface area contributed by atoms with Crippen LogP contribution in [0.1, 0.15) is 5.56 Å². The minimum absolute atomic E-state index is 0.142. The van der Waals surface area contributed by atoms with Gasteiger partial charge in [0.2, 0.25) is 15.9 Å². The molecular weight excluding hydrogens is 442 g/mol. The van der Waals surface area contributed by atoms with E-state index in [1.54, 1.807) is 18.2 Å². The summed E-state index contributed by atoms with van der Waals surface area (Å²) in [5, 5.41) is 3.37. The minimum atomic E-state index is -4.04. The van der Waals surface area contributed by atoms with Crippen molar-refractivity contribution in [3.05, 3.63) is 63.9 Å². The Bertz CT molecular complexity index is 1030. The fraction of sp³-hybridized carbons (Fsp3) is 0.211. The van der Waals surface area contributed by atoms with Crippen LogP contribution in [-0.4, -0.2) is 44.9 Å². The first-order valence-electron chi connectivity index (χ1n) is 8.58. The first-order valence-corrected chi connectivity index (χ1v) is 10.8. The van der Waals surface area contributed by atoms with Crippen LogP contribution in [0.2, 0.25) is 10.0 Å². The molecule has 0 bridgehead atoms. The highest BCUT2D eigenvalue weighted by Gasteiger charge is 2.29. The molecule has 1 saturated heterocycles. The first-order chi connectivity index (χ1) is 13.8. The first kappa shape index (κ1) is 21.7. The quantitative estimate of drug-likeness (QED) is 0.691. The van der Waals surface area contributed by atoms with Gasteiger partial charge in [0.05, 0.1) is 13.2 Å². The number of nitrogens with zero attached hydrogens (tertiary/aromatic N) is 1. The highest BCUT2D eigenvalue weighted by atomic mass is 35.5. The predicted octanol–water partition coefficient (Wildman–Crippen LogP) is 3.81. The Labute approximate surface area is 177 Å². The second kappa shape index (κ2) is 9.23. The fourth-order valence-electron chi connectivity index (χ4n) is 2.73. The summed E-state index contributed by atoms with van der Waals surface area (Å²) >= 11 is 11.8. The number of nitrogens with one attached hydrogen (secondary N) is 1. The smallest absolute Gasteiger partial charge is 0.248 e. The summed E-state index contributed by atoms with van der Waals surface area (Å²) in [6, 6.07) is 8.21. The highest BCUT2D eigenvalue weighted by Crippen LogP contribution is 2.24. The molecule has 3 rings (SSSR count). The summed E-state index contributed by atoms with van der Waals surface area (Å²) in [6.07, 6.45) is 2.74. The Kier molecular flexibility index (Phi) is 6.92. The van der Waals surface area contributed by atoms with Crippen molar-refractivity contribution in [1.82, 2.24) is 4.31 Å². The van der Waals surface area contributed by atoms with Gasteiger partial charge < -0.3 is 10.1 Å². The highest BCUT2D eigenvalue weighted by molar-refractivity contribution is 7.89. The van der Waals surface area contributed by atoms with E-state index in [1.807, 2.05) is 0 Å². The molecule has 0 spiro atoms. The second-order valence-electron chi connectivity index (χ2n) is 6.19.